The van der Waals surface area contributed by atoms with Gasteiger partial charge in [-0.2, -0.15) is 0 Å². The first-order chi connectivity index (χ1) is 17.8. The Kier molecular flexibility index (Phi) is 13.2. The largest absolute Gasteiger partial charge is 0.481 e. The third-order valence-corrected chi connectivity index (χ3v) is 5.42. The number of carbonyl (C=O) groups excluding carboxylic acids is 3. The number of rotatable bonds is 17. The molecule has 0 aliphatic rings. The molecule has 212 valence electrons. The van der Waals surface area contributed by atoms with Crippen molar-refractivity contribution < 1.29 is 34.2 Å². The predicted octanol–water partition coefficient (Wildman–Crippen LogP) is -2.61. The van der Waals surface area contributed by atoms with Gasteiger partial charge in [-0.1, -0.05) is 13.8 Å². The minimum Gasteiger partial charge on any atom is -0.481 e. The molecule has 0 aliphatic heterocycles. The Morgan fingerprint density at radius 3 is 2.18 bits per heavy atom. The molecule has 12 N–H and O–H groups in total. The number of imidazole rings is 1. The highest BCUT2D eigenvalue weighted by molar-refractivity contribution is 5.94. The van der Waals surface area contributed by atoms with Crippen LogP contribution in [0, 0.1) is 5.92 Å². The van der Waals surface area contributed by atoms with E-state index in [0.717, 1.165) is 0 Å². The number of guanidine groups is 1. The van der Waals surface area contributed by atoms with E-state index in [1.54, 1.807) is 13.8 Å². The molecule has 0 aromatic carbocycles. The van der Waals surface area contributed by atoms with Gasteiger partial charge in [-0.05, 0) is 25.2 Å². The van der Waals surface area contributed by atoms with E-state index in [1.807, 2.05) is 0 Å². The molecule has 16 heteroatoms. The fraction of sp³-hybridized carbons (Fsp3) is 0.591. The van der Waals surface area contributed by atoms with Crippen LogP contribution in [0.15, 0.2) is 17.5 Å². The Morgan fingerprint density at radius 1 is 1.00 bits per heavy atom. The van der Waals surface area contributed by atoms with Gasteiger partial charge in [0.2, 0.25) is 17.7 Å². The minimum absolute atomic E-state index is 0.0712. The van der Waals surface area contributed by atoms with Crippen molar-refractivity contribution in [2.24, 2.45) is 28.1 Å². The molecule has 4 unspecified atom stereocenters. The van der Waals surface area contributed by atoms with Gasteiger partial charge in [0.1, 0.15) is 18.1 Å². The van der Waals surface area contributed by atoms with E-state index in [9.17, 15) is 29.1 Å². The highest BCUT2D eigenvalue weighted by Gasteiger charge is 2.32. The zero-order chi connectivity index (χ0) is 28.8. The van der Waals surface area contributed by atoms with Gasteiger partial charge in [-0.25, -0.2) is 9.78 Å². The predicted molar refractivity (Wildman–Crippen MR) is 135 cm³/mol. The molecule has 0 spiro atoms. The maximum Gasteiger partial charge on any atom is 0.326 e. The first-order valence-corrected chi connectivity index (χ1v) is 12.0. The smallest absolute Gasteiger partial charge is 0.326 e. The summed E-state index contributed by atoms with van der Waals surface area (Å²) in [5.41, 5.74) is 16.8. The molecule has 1 aromatic rings. The summed E-state index contributed by atoms with van der Waals surface area (Å²) in [7, 11) is 0. The quantitative estimate of drug-likeness (QED) is 0.0561. The van der Waals surface area contributed by atoms with Gasteiger partial charge in [0.15, 0.2) is 5.96 Å². The summed E-state index contributed by atoms with van der Waals surface area (Å²) in [5, 5.41) is 25.9. The molecule has 3 amide bonds. The molecule has 0 aliphatic carbocycles. The van der Waals surface area contributed by atoms with Gasteiger partial charge < -0.3 is 48.3 Å². The molecule has 4 atom stereocenters. The number of aliphatic imine (C=N–C) groups is 1. The second kappa shape index (κ2) is 15.8. The fourth-order valence-corrected chi connectivity index (χ4v) is 3.33. The lowest BCUT2D eigenvalue weighted by atomic mass is 10.0. The van der Waals surface area contributed by atoms with Gasteiger partial charge in [0, 0.05) is 31.3 Å². The standard InChI is InChI=1S/C22H37N9O7/c1-11(2)17(20(36)30-15(21(37)38)8-12-9-26-10-28-12)31-19(35)14(5-6-16(32)33)29-18(34)13(23)4-3-7-27-22(24)25/h9-11,13-15,17H,3-8,23H2,1-2H3,(H,26,28)(H,29,34)(H,30,36)(H,31,35)(H,32,33)(H,37,38)(H4,24,25,27). The number of hydrogen-bond donors (Lipinski definition) is 9. The number of carbonyl (C=O) groups is 5. The lowest BCUT2D eigenvalue weighted by Gasteiger charge is -2.27. The normalized spacial score (nSPS) is 14.0. The van der Waals surface area contributed by atoms with E-state index in [0.29, 0.717) is 12.1 Å². The van der Waals surface area contributed by atoms with Crippen molar-refractivity contribution in [3.63, 3.8) is 0 Å². The molecular formula is C22H37N9O7. The van der Waals surface area contributed by atoms with Gasteiger partial charge >= 0.3 is 11.9 Å². The van der Waals surface area contributed by atoms with E-state index in [1.165, 1.54) is 12.5 Å². The summed E-state index contributed by atoms with van der Waals surface area (Å²) in [5.74, 6) is -5.35. The molecule has 0 saturated heterocycles. The average molecular weight is 540 g/mol. The summed E-state index contributed by atoms with van der Waals surface area (Å²) < 4.78 is 0. The van der Waals surface area contributed by atoms with Crippen LogP contribution in [0.4, 0.5) is 0 Å². The Hall–Kier alpha value is -4.21. The molecular weight excluding hydrogens is 502 g/mol. The van der Waals surface area contributed by atoms with Crippen molar-refractivity contribution in [2.75, 3.05) is 6.54 Å². The highest BCUT2D eigenvalue weighted by atomic mass is 16.4. The molecule has 38 heavy (non-hydrogen) atoms. The summed E-state index contributed by atoms with van der Waals surface area (Å²) >= 11 is 0. The number of amides is 3. The number of nitrogens with two attached hydrogens (primary N) is 3. The topological polar surface area (TPSA) is 281 Å². The third kappa shape index (κ3) is 11.7. The summed E-state index contributed by atoms with van der Waals surface area (Å²) in [6.07, 6.45) is 2.59. The number of carboxylic acid groups (broad SMARTS) is 2. The first kappa shape index (κ1) is 31.8. The van der Waals surface area contributed by atoms with Gasteiger partial charge in [-0.3, -0.25) is 24.2 Å². The van der Waals surface area contributed by atoms with Crippen LogP contribution in [-0.2, 0) is 30.4 Å². The minimum atomic E-state index is -1.31. The number of carboxylic acids is 2. The number of aliphatic carboxylic acids is 2. The lowest BCUT2D eigenvalue weighted by molar-refractivity contribution is -0.142. The highest BCUT2D eigenvalue weighted by Crippen LogP contribution is 2.08. The van der Waals surface area contributed by atoms with E-state index < -0.39 is 66.2 Å². The van der Waals surface area contributed by atoms with E-state index in [4.69, 9.17) is 22.3 Å². The Bertz CT molecular complexity index is 978. The van der Waals surface area contributed by atoms with E-state index in [2.05, 4.69) is 30.9 Å². The first-order valence-electron chi connectivity index (χ1n) is 12.0. The summed E-state index contributed by atoms with van der Waals surface area (Å²) in [6, 6.07) is -4.81. The Morgan fingerprint density at radius 2 is 1.66 bits per heavy atom. The number of nitrogens with zero attached hydrogens (tertiary/aromatic N) is 2. The Labute approximate surface area is 219 Å². The number of aromatic nitrogens is 2. The SMILES string of the molecule is CC(C)C(NC(=O)C(CCC(=O)O)NC(=O)C(N)CCCN=C(N)N)C(=O)NC(Cc1cnc[nH]1)C(=O)O. The third-order valence-electron chi connectivity index (χ3n) is 5.42. The van der Waals surface area contributed by atoms with Crippen molar-refractivity contribution in [3.8, 4) is 0 Å². The number of H-pyrrole nitrogens is 1. The maximum atomic E-state index is 13.0. The van der Waals surface area contributed by atoms with E-state index >= 15 is 0 Å². The number of aromatic amines is 1. The van der Waals surface area contributed by atoms with Gasteiger partial charge in [0.25, 0.3) is 0 Å². The van der Waals surface area contributed by atoms with Crippen LogP contribution >= 0.6 is 0 Å². The number of hydrogen-bond acceptors (Lipinski definition) is 8. The van der Waals surface area contributed by atoms with Crippen LogP contribution in [0.3, 0.4) is 0 Å². The summed E-state index contributed by atoms with van der Waals surface area (Å²) in [4.78, 5) is 71.6. The molecule has 1 heterocycles. The molecule has 0 radical (unpaired) electrons. The van der Waals surface area contributed by atoms with Crippen LogP contribution in [-0.4, -0.2) is 86.5 Å². The average Bonchev–Trinajstić information content (AvgIpc) is 3.34. The van der Waals surface area contributed by atoms with Crippen molar-refractivity contribution in [1.82, 2.24) is 25.9 Å². The van der Waals surface area contributed by atoms with Crippen molar-refractivity contribution in [3.05, 3.63) is 18.2 Å². The monoisotopic (exact) mass is 539 g/mol. The van der Waals surface area contributed by atoms with Crippen LogP contribution < -0.4 is 33.2 Å². The van der Waals surface area contributed by atoms with E-state index in [-0.39, 0.29) is 31.8 Å². The fourth-order valence-electron chi connectivity index (χ4n) is 3.33. The molecule has 1 aromatic heterocycles. The molecule has 0 fully saturated rings. The zero-order valence-corrected chi connectivity index (χ0v) is 21.3. The van der Waals surface area contributed by atoms with Gasteiger partial charge in [-0.15, -0.1) is 0 Å². The summed E-state index contributed by atoms with van der Waals surface area (Å²) in [6.45, 7) is 3.51. The Balaban J connectivity index is 2.90. The lowest BCUT2D eigenvalue weighted by Crippen LogP contribution is -2.58. The maximum absolute atomic E-state index is 13.0. The molecule has 0 saturated carbocycles. The van der Waals surface area contributed by atoms with Crippen molar-refractivity contribution >= 4 is 35.6 Å². The van der Waals surface area contributed by atoms with Crippen molar-refractivity contribution in [2.45, 2.75) is 70.1 Å². The van der Waals surface area contributed by atoms with Gasteiger partial charge in [0.05, 0.1) is 12.4 Å². The zero-order valence-electron chi connectivity index (χ0n) is 21.3. The van der Waals surface area contributed by atoms with Crippen LogP contribution in [0.5, 0.6) is 0 Å². The molecule has 1 rings (SSSR count). The van der Waals surface area contributed by atoms with Crippen LogP contribution in [0.1, 0.15) is 45.2 Å². The second-order valence-electron chi connectivity index (χ2n) is 8.96. The number of nitrogens with one attached hydrogen (secondary N) is 4. The second-order valence-corrected chi connectivity index (χ2v) is 8.96. The van der Waals surface area contributed by atoms with Crippen LogP contribution in [0.25, 0.3) is 0 Å². The van der Waals surface area contributed by atoms with Crippen LogP contribution in [0.2, 0.25) is 0 Å². The van der Waals surface area contributed by atoms with Crippen molar-refractivity contribution in [1.29, 1.82) is 0 Å². The molecule has 16 nitrogen and oxygen atoms in total. The molecule has 0 bridgehead atoms.